The molecule has 0 saturated heterocycles. The smallest absolute Gasteiger partial charge is 0.238 e. The third kappa shape index (κ3) is 5.17. The minimum Gasteiger partial charge on any atom is -0.481 e. The third-order valence-electron chi connectivity index (χ3n) is 2.73. The van der Waals surface area contributed by atoms with Crippen LogP contribution in [0.4, 0.5) is 5.69 Å². The number of amides is 1. The predicted molar refractivity (Wildman–Crippen MR) is 85.3 cm³/mol. The number of rotatable bonds is 6. The van der Waals surface area contributed by atoms with Gasteiger partial charge < -0.3 is 15.4 Å². The minimum absolute atomic E-state index is 0.0888. The molecule has 21 heavy (non-hydrogen) atoms. The van der Waals surface area contributed by atoms with Crippen LogP contribution in [-0.4, -0.2) is 24.5 Å². The lowest BCUT2D eigenvalue weighted by Gasteiger charge is -2.07. The second-order valence-electron chi connectivity index (χ2n) is 4.37. The molecule has 0 radical (unpaired) electrons. The number of carbonyl (C=O) groups is 1. The van der Waals surface area contributed by atoms with E-state index in [2.05, 4.69) is 31.5 Å². The second kappa shape index (κ2) is 7.75. The number of aromatic nitrogens is 1. The third-order valence-corrected chi connectivity index (χ3v) is 3.22. The van der Waals surface area contributed by atoms with Crippen molar-refractivity contribution in [3.05, 3.63) is 52.6 Å². The number of pyridine rings is 1. The fraction of sp³-hybridized carbons (Fsp3) is 0.200. The highest BCUT2D eigenvalue weighted by atomic mass is 79.9. The molecular weight excluding hydrogens is 334 g/mol. The lowest BCUT2D eigenvalue weighted by Crippen LogP contribution is -2.27. The summed E-state index contributed by atoms with van der Waals surface area (Å²) in [7, 11) is 1.57. The van der Waals surface area contributed by atoms with E-state index in [1.54, 1.807) is 13.3 Å². The summed E-state index contributed by atoms with van der Waals surface area (Å²) in [4.78, 5) is 15.8. The molecule has 0 saturated carbocycles. The van der Waals surface area contributed by atoms with Crippen molar-refractivity contribution in [2.75, 3.05) is 19.0 Å². The van der Waals surface area contributed by atoms with E-state index in [0.717, 1.165) is 15.7 Å². The lowest BCUT2D eigenvalue weighted by molar-refractivity contribution is -0.115. The molecule has 2 N–H and O–H groups in total. The van der Waals surface area contributed by atoms with Gasteiger partial charge in [-0.25, -0.2) is 4.98 Å². The van der Waals surface area contributed by atoms with Crippen LogP contribution in [0.2, 0.25) is 0 Å². The van der Waals surface area contributed by atoms with Gasteiger partial charge in [0, 0.05) is 29.0 Å². The van der Waals surface area contributed by atoms with Crippen molar-refractivity contribution in [3.63, 3.8) is 0 Å². The van der Waals surface area contributed by atoms with Gasteiger partial charge in [0.2, 0.25) is 11.8 Å². The Labute approximate surface area is 131 Å². The van der Waals surface area contributed by atoms with Gasteiger partial charge in [-0.15, -0.1) is 0 Å². The van der Waals surface area contributed by atoms with Crippen molar-refractivity contribution < 1.29 is 9.53 Å². The molecule has 1 amide bonds. The zero-order valence-electron chi connectivity index (χ0n) is 11.6. The van der Waals surface area contributed by atoms with Crippen molar-refractivity contribution in [1.29, 1.82) is 0 Å². The number of benzene rings is 1. The maximum atomic E-state index is 11.8. The van der Waals surface area contributed by atoms with E-state index >= 15 is 0 Å². The SMILES string of the molecule is COc1cc(CNCC(=O)Nc2cccc(Br)c2)ccn1. The molecule has 0 fully saturated rings. The summed E-state index contributed by atoms with van der Waals surface area (Å²) in [5, 5.41) is 5.90. The Kier molecular flexibility index (Phi) is 5.71. The number of methoxy groups -OCH3 is 1. The molecule has 0 aliphatic heterocycles. The normalized spacial score (nSPS) is 10.2. The highest BCUT2D eigenvalue weighted by Crippen LogP contribution is 2.15. The first kappa shape index (κ1) is 15.5. The van der Waals surface area contributed by atoms with Gasteiger partial charge in [0.05, 0.1) is 13.7 Å². The van der Waals surface area contributed by atoms with Crippen molar-refractivity contribution in [2.24, 2.45) is 0 Å². The van der Waals surface area contributed by atoms with Crippen LogP contribution in [0.1, 0.15) is 5.56 Å². The van der Waals surface area contributed by atoms with Gasteiger partial charge in [-0.3, -0.25) is 4.79 Å². The second-order valence-corrected chi connectivity index (χ2v) is 5.28. The maximum Gasteiger partial charge on any atom is 0.238 e. The van der Waals surface area contributed by atoms with Gasteiger partial charge >= 0.3 is 0 Å². The molecule has 0 spiro atoms. The lowest BCUT2D eigenvalue weighted by atomic mass is 10.2. The molecule has 0 bridgehead atoms. The van der Waals surface area contributed by atoms with Crippen LogP contribution < -0.4 is 15.4 Å². The highest BCUT2D eigenvalue weighted by Gasteiger charge is 2.03. The van der Waals surface area contributed by atoms with Gasteiger partial charge in [0.15, 0.2) is 0 Å². The van der Waals surface area contributed by atoms with E-state index in [1.165, 1.54) is 0 Å². The number of nitrogens with one attached hydrogen (secondary N) is 2. The standard InChI is InChI=1S/C15H16BrN3O2/c1-21-15-7-11(5-6-18-15)9-17-10-14(20)19-13-4-2-3-12(16)8-13/h2-8,17H,9-10H2,1H3,(H,19,20). The van der Waals surface area contributed by atoms with Gasteiger partial charge in [0.1, 0.15) is 0 Å². The van der Waals surface area contributed by atoms with Crippen LogP contribution in [-0.2, 0) is 11.3 Å². The van der Waals surface area contributed by atoms with Gasteiger partial charge in [-0.2, -0.15) is 0 Å². The molecule has 0 aliphatic carbocycles. The van der Waals surface area contributed by atoms with Crippen LogP contribution >= 0.6 is 15.9 Å². The summed E-state index contributed by atoms with van der Waals surface area (Å²) in [5.41, 5.74) is 1.78. The molecule has 6 heteroatoms. The first-order chi connectivity index (χ1) is 10.2. The van der Waals surface area contributed by atoms with Gasteiger partial charge in [-0.05, 0) is 29.8 Å². The van der Waals surface area contributed by atoms with Crippen LogP contribution in [0.5, 0.6) is 5.88 Å². The largest absolute Gasteiger partial charge is 0.481 e. The molecule has 0 unspecified atom stereocenters. The fourth-order valence-electron chi connectivity index (χ4n) is 1.76. The van der Waals surface area contributed by atoms with Crippen molar-refractivity contribution in [3.8, 4) is 5.88 Å². The average molecular weight is 350 g/mol. The van der Waals surface area contributed by atoms with Crippen LogP contribution in [0.3, 0.4) is 0 Å². The summed E-state index contributed by atoms with van der Waals surface area (Å²) in [5.74, 6) is 0.474. The molecule has 2 aromatic rings. The van der Waals surface area contributed by atoms with E-state index in [1.807, 2.05) is 36.4 Å². The molecule has 0 aliphatic rings. The highest BCUT2D eigenvalue weighted by molar-refractivity contribution is 9.10. The Balaban J connectivity index is 1.79. The Hall–Kier alpha value is -1.92. The number of carbonyl (C=O) groups excluding carboxylic acids is 1. The molecule has 2 rings (SSSR count). The number of hydrogen-bond donors (Lipinski definition) is 2. The van der Waals surface area contributed by atoms with E-state index < -0.39 is 0 Å². The molecule has 1 aromatic heterocycles. The van der Waals surface area contributed by atoms with Gasteiger partial charge in [0.25, 0.3) is 0 Å². The fourth-order valence-corrected chi connectivity index (χ4v) is 2.16. The minimum atomic E-state index is -0.0888. The van der Waals surface area contributed by atoms with Crippen LogP contribution in [0, 0.1) is 0 Å². The Morgan fingerprint density at radius 2 is 2.19 bits per heavy atom. The maximum absolute atomic E-state index is 11.8. The quantitative estimate of drug-likeness (QED) is 0.841. The molecule has 5 nitrogen and oxygen atoms in total. The molecule has 0 atom stereocenters. The zero-order valence-corrected chi connectivity index (χ0v) is 13.2. The summed E-state index contributed by atoms with van der Waals surface area (Å²) >= 11 is 3.36. The molecule has 1 heterocycles. The summed E-state index contributed by atoms with van der Waals surface area (Å²) in [6.45, 7) is 0.807. The van der Waals surface area contributed by atoms with Crippen molar-refractivity contribution in [1.82, 2.24) is 10.3 Å². The number of ether oxygens (including phenoxy) is 1. The van der Waals surface area contributed by atoms with E-state index in [-0.39, 0.29) is 12.5 Å². The summed E-state index contributed by atoms with van der Waals surface area (Å²) < 4.78 is 5.98. The van der Waals surface area contributed by atoms with E-state index in [0.29, 0.717) is 12.4 Å². The molecule has 110 valence electrons. The Morgan fingerprint density at radius 3 is 2.95 bits per heavy atom. The molecular formula is C15H16BrN3O2. The van der Waals surface area contributed by atoms with E-state index in [9.17, 15) is 4.79 Å². The zero-order chi connectivity index (χ0) is 15.1. The number of anilines is 1. The Bertz CT molecular complexity index is 619. The van der Waals surface area contributed by atoms with Crippen molar-refractivity contribution >= 4 is 27.5 Å². The van der Waals surface area contributed by atoms with Crippen LogP contribution in [0.25, 0.3) is 0 Å². The van der Waals surface area contributed by atoms with E-state index in [4.69, 9.17) is 4.74 Å². The first-order valence-electron chi connectivity index (χ1n) is 6.42. The van der Waals surface area contributed by atoms with Gasteiger partial charge in [-0.1, -0.05) is 22.0 Å². The Morgan fingerprint density at radius 1 is 1.33 bits per heavy atom. The summed E-state index contributed by atoms with van der Waals surface area (Å²) in [6, 6.07) is 11.2. The number of halogens is 1. The predicted octanol–water partition coefficient (Wildman–Crippen LogP) is 2.58. The number of hydrogen-bond acceptors (Lipinski definition) is 4. The topological polar surface area (TPSA) is 63.2 Å². The number of nitrogens with zero attached hydrogens (tertiary/aromatic N) is 1. The summed E-state index contributed by atoms with van der Waals surface area (Å²) in [6.07, 6.45) is 1.68. The van der Waals surface area contributed by atoms with Crippen molar-refractivity contribution in [2.45, 2.75) is 6.54 Å². The molecule has 1 aromatic carbocycles. The average Bonchev–Trinajstić information content (AvgIpc) is 2.47. The van der Waals surface area contributed by atoms with Crippen LogP contribution in [0.15, 0.2) is 47.1 Å². The first-order valence-corrected chi connectivity index (χ1v) is 7.22. The monoisotopic (exact) mass is 349 g/mol.